The molecule has 0 spiro atoms. The van der Waals surface area contributed by atoms with Crippen LogP contribution in [0.25, 0.3) is 21.5 Å². The second-order valence-electron chi connectivity index (χ2n) is 6.64. The van der Waals surface area contributed by atoms with Gasteiger partial charge in [0.1, 0.15) is 5.75 Å². The van der Waals surface area contributed by atoms with Crippen LogP contribution in [-0.4, -0.2) is 26.5 Å². The lowest BCUT2D eigenvalue weighted by atomic mass is 10.0. The summed E-state index contributed by atoms with van der Waals surface area (Å²) in [6, 6.07) is 17.9. The maximum absolute atomic E-state index is 12.7. The van der Waals surface area contributed by atoms with E-state index in [-0.39, 0.29) is 17.0 Å². The Morgan fingerprint density at radius 2 is 1.66 bits per heavy atom. The molecule has 0 aliphatic rings. The van der Waals surface area contributed by atoms with Crippen LogP contribution < -0.4 is 11.0 Å². The number of phenols is 1. The Kier molecular flexibility index (Phi) is 4.56. The van der Waals surface area contributed by atoms with Gasteiger partial charge in [0, 0.05) is 23.4 Å². The van der Waals surface area contributed by atoms with Gasteiger partial charge in [0.2, 0.25) is 0 Å². The zero-order chi connectivity index (χ0) is 20.5. The summed E-state index contributed by atoms with van der Waals surface area (Å²) in [5.74, 6) is -0.444. The third-order valence-corrected chi connectivity index (χ3v) is 4.79. The molecule has 0 aliphatic heterocycles. The molecule has 4 rings (SSSR count). The minimum atomic E-state index is -0.545. The molecule has 7 nitrogen and oxygen atoms in total. The van der Waals surface area contributed by atoms with E-state index in [1.165, 1.54) is 7.05 Å². The van der Waals surface area contributed by atoms with Gasteiger partial charge in [-0.3, -0.25) is 9.59 Å². The summed E-state index contributed by atoms with van der Waals surface area (Å²) in [5, 5.41) is 21.2. The summed E-state index contributed by atoms with van der Waals surface area (Å²) in [6.45, 7) is 1.69. The minimum absolute atomic E-state index is 0.0991. The quantitative estimate of drug-likeness (QED) is 0.418. The topological polar surface area (TPSA) is 96.6 Å². The predicted molar refractivity (Wildman–Crippen MR) is 112 cm³/mol. The highest BCUT2D eigenvalue weighted by atomic mass is 16.3. The molecule has 0 saturated carbocycles. The molecular formula is C22H18N4O3. The SMILES string of the molecule is C/C(=N\NC(=O)c1nn(C)c(=O)c2ccccc12)c1ccc2ccccc2c1O. The molecule has 4 aromatic rings. The normalized spacial score (nSPS) is 11.7. The molecule has 1 aromatic heterocycles. The summed E-state index contributed by atoms with van der Waals surface area (Å²) in [6.07, 6.45) is 0. The van der Waals surface area contributed by atoms with E-state index in [1.54, 1.807) is 37.3 Å². The van der Waals surface area contributed by atoms with Crippen molar-refractivity contribution >= 4 is 33.2 Å². The first-order valence-electron chi connectivity index (χ1n) is 8.99. The Morgan fingerprint density at radius 3 is 2.41 bits per heavy atom. The van der Waals surface area contributed by atoms with Crippen molar-refractivity contribution in [3.8, 4) is 5.75 Å². The van der Waals surface area contributed by atoms with Gasteiger partial charge in [0.25, 0.3) is 11.5 Å². The van der Waals surface area contributed by atoms with E-state index in [9.17, 15) is 14.7 Å². The fraction of sp³-hybridized carbons (Fsp3) is 0.0909. The number of hydrazone groups is 1. The number of nitrogens with one attached hydrogen (secondary N) is 1. The number of aromatic hydroxyl groups is 1. The number of aryl methyl sites for hydroxylation is 1. The maximum Gasteiger partial charge on any atom is 0.292 e. The van der Waals surface area contributed by atoms with Gasteiger partial charge < -0.3 is 5.11 Å². The number of rotatable bonds is 3. The Balaban J connectivity index is 1.69. The number of aromatic nitrogens is 2. The molecule has 7 heteroatoms. The zero-order valence-electron chi connectivity index (χ0n) is 15.9. The van der Waals surface area contributed by atoms with E-state index < -0.39 is 5.91 Å². The molecule has 0 fully saturated rings. The van der Waals surface area contributed by atoms with Crippen molar-refractivity contribution in [2.24, 2.45) is 12.1 Å². The summed E-state index contributed by atoms with van der Waals surface area (Å²) in [7, 11) is 1.49. The zero-order valence-corrected chi connectivity index (χ0v) is 15.9. The third kappa shape index (κ3) is 3.23. The Morgan fingerprint density at radius 1 is 1.00 bits per heavy atom. The Hall–Kier alpha value is -4.00. The van der Waals surface area contributed by atoms with Crippen molar-refractivity contribution in [2.45, 2.75) is 6.92 Å². The number of phenolic OH excluding ortho intramolecular Hbond substituents is 1. The van der Waals surface area contributed by atoms with Crippen LogP contribution in [0.2, 0.25) is 0 Å². The molecule has 2 N–H and O–H groups in total. The number of hydrogen-bond donors (Lipinski definition) is 2. The number of hydrogen-bond acceptors (Lipinski definition) is 5. The van der Waals surface area contributed by atoms with Gasteiger partial charge >= 0.3 is 0 Å². The molecule has 0 bridgehead atoms. The molecule has 29 heavy (non-hydrogen) atoms. The minimum Gasteiger partial charge on any atom is -0.507 e. The number of carbonyl (C=O) groups is 1. The van der Waals surface area contributed by atoms with Crippen molar-refractivity contribution in [1.29, 1.82) is 0 Å². The monoisotopic (exact) mass is 386 g/mol. The van der Waals surface area contributed by atoms with Crippen molar-refractivity contribution in [3.05, 3.63) is 82.3 Å². The molecule has 0 aliphatic carbocycles. The summed E-state index contributed by atoms with van der Waals surface area (Å²) in [4.78, 5) is 24.9. The fourth-order valence-corrected chi connectivity index (χ4v) is 3.26. The average molecular weight is 386 g/mol. The van der Waals surface area contributed by atoms with Crippen LogP contribution in [0.5, 0.6) is 5.75 Å². The van der Waals surface area contributed by atoms with Gasteiger partial charge in [-0.1, -0.05) is 48.5 Å². The highest BCUT2D eigenvalue weighted by Crippen LogP contribution is 2.28. The predicted octanol–water partition coefficient (Wildman–Crippen LogP) is 2.95. The van der Waals surface area contributed by atoms with Crippen molar-refractivity contribution in [2.75, 3.05) is 0 Å². The van der Waals surface area contributed by atoms with E-state index in [1.807, 2.05) is 30.3 Å². The summed E-state index contributed by atoms with van der Waals surface area (Å²) in [5.41, 5.74) is 3.25. The lowest BCUT2D eigenvalue weighted by molar-refractivity contribution is 0.0949. The van der Waals surface area contributed by atoms with E-state index in [0.717, 1.165) is 10.1 Å². The van der Waals surface area contributed by atoms with Crippen LogP contribution in [0.15, 0.2) is 70.6 Å². The van der Waals surface area contributed by atoms with E-state index in [4.69, 9.17) is 0 Å². The van der Waals surface area contributed by atoms with Gasteiger partial charge in [0.05, 0.1) is 11.1 Å². The van der Waals surface area contributed by atoms with Gasteiger partial charge in [0.15, 0.2) is 5.69 Å². The standard InChI is InChI=1S/C22H18N4O3/c1-13(15-12-11-14-7-3-4-8-16(14)20(15)27)23-24-21(28)19-17-9-5-6-10-18(17)22(29)26(2)25-19/h3-12,27H,1-2H3,(H,24,28)/b23-13+. The largest absolute Gasteiger partial charge is 0.507 e. The van der Waals surface area contributed by atoms with Gasteiger partial charge in [-0.2, -0.15) is 10.2 Å². The van der Waals surface area contributed by atoms with E-state index >= 15 is 0 Å². The first-order valence-corrected chi connectivity index (χ1v) is 8.99. The summed E-state index contributed by atoms with van der Waals surface area (Å²) < 4.78 is 1.13. The molecule has 0 unspecified atom stereocenters. The van der Waals surface area contributed by atoms with Crippen molar-refractivity contribution in [3.63, 3.8) is 0 Å². The highest BCUT2D eigenvalue weighted by Gasteiger charge is 2.16. The molecular weight excluding hydrogens is 368 g/mol. The van der Waals surface area contributed by atoms with Gasteiger partial charge in [-0.25, -0.2) is 10.1 Å². The molecule has 1 amide bonds. The van der Waals surface area contributed by atoms with Crippen LogP contribution in [0.4, 0.5) is 0 Å². The average Bonchev–Trinajstić information content (AvgIpc) is 2.75. The first-order chi connectivity index (χ1) is 14.0. The molecule has 0 radical (unpaired) electrons. The number of carbonyl (C=O) groups excluding carboxylic acids is 1. The van der Waals surface area contributed by atoms with Crippen LogP contribution in [0, 0.1) is 0 Å². The van der Waals surface area contributed by atoms with Gasteiger partial charge in [-0.05, 0) is 24.4 Å². The molecule has 0 saturated heterocycles. The van der Waals surface area contributed by atoms with Crippen LogP contribution in [-0.2, 0) is 7.05 Å². The smallest absolute Gasteiger partial charge is 0.292 e. The van der Waals surface area contributed by atoms with Gasteiger partial charge in [-0.15, -0.1) is 0 Å². The Bertz CT molecular complexity index is 1360. The molecule has 3 aromatic carbocycles. The second-order valence-corrected chi connectivity index (χ2v) is 6.64. The lowest BCUT2D eigenvalue weighted by Crippen LogP contribution is -2.27. The van der Waals surface area contributed by atoms with E-state index in [0.29, 0.717) is 27.4 Å². The number of benzene rings is 3. The maximum atomic E-state index is 12.7. The molecule has 144 valence electrons. The van der Waals surface area contributed by atoms with Crippen LogP contribution in [0.3, 0.4) is 0 Å². The fourth-order valence-electron chi connectivity index (χ4n) is 3.26. The van der Waals surface area contributed by atoms with Crippen molar-refractivity contribution in [1.82, 2.24) is 15.2 Å². The van der Waals surface area contributed by atoms with Crippen molar-refractivity contribution < 1.29 is 9.90 Å². The third-order valence-electron chi connectivity index (χ3n) is 4.79. The number of nitrogens with zero attached hydrogens (tertiary/aromatic N) is 3. The Labute approximate surface area is 165 Å². The second kappa shape index (κ2) is 7.20. The summed E-state index contributed by atoms with van der Waals surface area (Å²) >= 11 is 0. The number of amides is 1. The highest BCUT2D eigenvalue weighted by molar-refractivity contribution is 6.08. The van der Waals surface area contributed by atoms with Crippen LogP contribution in [0.1, 0.15) is 23.0 Å². The first kappa shape index (κ1) is 18.4. The van der Waals surface area contributed by atoms with Crippen LogP contribution >= 0.6 is 0 Å². The number of fused-ring (bicyclic) bond motifs is 2. The molecule has 1 heterocycles. The molecule has 0 atom stereocenters. The lowest BCUT2D eigenvalue weighted by Gasteiger charge is -2.09. The van der Waals surface area contributed by atoms with E-state index in [2.05, 4.69) is 15.6 Å².